The van der Waals surface area contributed by atoms with Crippen LogP contribution in [0.15, 0.2) is 18.2 Å². The SMILES string of the molecule is N[C@H]1CC[C@H](NCc2cccc3c2C(=O)N(C2CCC(=O)NC2=O)C3)C1. The number of hydrogen-bond acceptors (Lipinski definition) is 5. The zero-order valence-electron chi connectivity index (χ0n) is 14.7. The third kappa shape index (κ3) is 3.12. The van der Waals surface area contributed by atoms with Gasteiger partial charge >= 0.3 is 0 Å². The summed E-state index contributed by atoms with van der Waals surface area (Å²) in [7, 11) is 0. The van der Waals surface area contributed by atoms with Gasteiger partial charge in [-0.15, -0.1) is 0 Å². The minimum atomic E-state index is -0.568. The maximum Gasteiger partial charge on any atom is 0.255 e. The highest BCUT2D eigenvalue weighted by molar-refractivity contribution is 6.05. The van der Waals surface area contributed by atoms with Crippen LogP contribution in [-0.4, -0.2) is 40.7 Å². The number of piperidine rings is 1. The Labute approximate surface area is 152 Å². The van der Waals surface area contributed by atoms with E-state index in [0.29, 0.717) is 31.1 Å². The van der Waals surface area contributed by atoms with E-state index in [4.69, 9.17) is 5.73 Å². The predicted octanol–water partition coefficient (Wildman–Crippen LogP) is 0.417. The first kappa shape index (κ1) is 17.2. The van der Waals surface area contributed by atoms with Crippen LogP contribution in [0.2, 0.25) is 0 Å². The first-order chi connectivity index (χ1) is 12.5. The molecule has 1 saturated heterocycles. The van der Waals surface area contributed by atoms with Crippen LogP contribution < -0.4 is 16.4 Å². The molecule has 2 heterocycles. The Morgan fingerprint density at radius 1 is 1.19 bits per heavy atom. The summed E-state index contributed by atoms with van der Waals surface area (Å²) in [5.41, 5.74) is 8.58. The van der Waals surface area contributed by atoms with Gasteiger partial charge in [0.15, 0.2) is 0 Å². The van der Waals surface area contributed by atoms with E-state index in [9.17, 15) is 14.4 Å². The number of hydrogen-bond donors (Lipinski definition) is 3. The molecule has 2 fully saturated rings. The fraction of sp³-hybridized carbons (Fsp3) is 0.526. The molecular formula is C19H24N4O3. The van der Waals surface area contributed by atoms with Gasteiger partial charge in [-0.2, -0.15) is 0 Å². The Bertz CT molecular complexity index is 763. The van der Waals surface area contributed by atoms with Crippen LogP contribution in [0.4, 0.5) is 0 Å². The average Bonchev–Trinajstić information content (AvgIpc) is 3.17. The molecule has 1 aromatic carbocycles. The van der Waals surface area contributed by atoms with Crippen LogP contribution in [0.5, 0.6) is 0 Å². The molecule has 7 nitrogen and oxygen atoms in total. The van der Waals surface area contributed by atoms with E-state index >= 15 is 0 Å². The van der Waals surface area contributed by atoms with Crippen molar-refractivity contribution in [1.82, 2.24) is 15.5 Å². The summed E-state index contributed by atoms with van der Waals surface area (Å²) in [5.74, 6) is -0.757. The molecule has 4 rings (SSSR count). The van der Waals surface area contributed by atoms with Crippen molar-refractivity contribution < 1.29 is 14.4 Å². The van der Waals surface area contributed by atoms with Gasteiger partial charge in [0.1, 0.15) is 6.04 Å². The Kier molecular flexibility index (Phi) is 4.50. The van der Waals surface area contributed by atoms with Crippen molar-refractivity contribution in [2.75, 3.05) is 0 Å². The Morgan fingerprint density at radius 2 is 2.04 bits per heavy atom. The standard InChI is InChI=1S/C19H24N4O3/c20-13-4-5-14(8-13)21-9-11-2-1-3-12-10-23(19(26)17(11)12)15-6-7-16(24)22-18(15)25/h1-3,13-15,21H,4-10,20H2,(H,22,24,25)/t13-,14-,15?/m0/s1. The molecule has 138 valence electrons. The maximum absolute atomic E-state index is 13.0. The molecule has 1 unspecified atom stereocenters. The number of carbonyl (C=O) groups excluding carboxylic acids is 3. The van der Waals surface area contributed by atoms with Gasteiger partial charge in [-0.1, -0.05) is 18.2 Å². The van der Waals surface area contributed by atoms with Crippen LogP contribution in [0.1, 0.15) is 53.6 Å². The topological polar surface area (TPSA) is 105 Å². The van der Waals surface area contributed by atoms with Gasteiger partial charge < -0.3 is 16.0 Å². The Balaban J connectivity index is 1.49. The second-order valence-electron chi connectivity index (χ2n) is 7.50. The highest BCUT2D eigenvalue weighted by Crippen LogP contribution is 2.30. The second-order valence-corrected chi connectivity index (χ2v) is 7.50. The summed E-state index contributed by atoms with van der Waals surface area (Å²) >= 11 is 0. The summed E-state index contributed by atoms with van der Waals surface area (Å²) in [6.07, 6.45) is 3.72. The molecule has 1 aliphatic carbocycles. The molecule has 2 aliphatic heterocycles. The Morgan fingerprint density at radius 3 is 2.77 bits per heavy atom. The van der Waals surface area contributed by atoms with Gasteiger partial charge in [0.25, 0.3) is 5.91 Å². The zero-order chi connectivity index (χ0) is 18.3. The summed E-state index contributed by atoms with van der Waals surface area (Å²) in [6, 6.07) is 5.95. The lowest BCUT2D eigenvalue weighted by Crippen LogP contribution is -2.52. The lowest BCUT2D eigenvalue weighted by molar-refractivity contribution is -0.136. The molecular weight excluding hydrogens is 332 g/mol. The fourth-order valence-electron chi connectivity index (χ4n) is 4.29. The van der Waals surface area contributed by atoms with E-state index in [1.165, 1.54) is 0 Å². The number of nitrogens with one attached hydrogen (secondary N) is 2. The summed E-state index contributed by atoms with van der Waals surface area (Å²) in [4.78, 5) is 38.1. The maximum atomic E-state index is 13.0. The van der Waals surface area contributed by atoms with Crippen LogP contribution in [0.25, 0.3) is 0 Å². The minimum absolute atomic E-state index is 0.116. The van der Waals surface area contributed by atoms with Gasteiger partial charge in [-0.3, -0.25) is 19.7 Å². The van der Waals surface area contributed by atoms with Gasteiger partial charge in [0.05, 0.1) is 0 Å². The largest absolute Gasteiger partial charge is 0.328 e. The predicted molar refractivity (Wildman–Crippen MR) is 94.9 cm³/mol. The number of fused-ring (bicyclic) bond motifs is 1. The number of nitrogens with zero attached hydrogens (tertiary/aromatic N) is 1. The summed E-state index contributed by atoms with van der Waals surface area (Å²) in [6.45, 7) is 1.04. The lowest BCUT2D eigenvalue weighted by atomic mass is 10.0. The second kappa shape index (κ2) is 6.81. The molecule has 3 aliphatic rings. The monoisotopic (exact) mass is 356 g/mol. The van der Waals surface area contributed by atoms with Crippen molar-refractivity contribution in [1.29, 1.82) is 0 Å². The van der Waals surface area contributed by atoms with Crippen molar-refractivity contribution >= 4 is 17.7 Å². The molecule has 0 bridgehead atoms. The summed E-state index contributed by atoms with van der Waals surface area (Å²) < 4.78 is 0. The van der Waals surface area contributed by atoms with E-state index in [-0.39, 0.29) is 30.2 Å². The number of rotatable bonds is 4. The summed E-state index contributed by atoms with van der Waals surface area (Å²) in [5, 5.41) is 5.85. The fourth-order valence-corrected chi connectivity index (χ4v) is 4.29. The molecule has 1 aromatic rings. The highest BCUT2D eigenvalue weighted by Gasteiger charge is 2.39. The van der Waals surface area contributed by atoms with E-state index in [0.717, 1.165) is 30.4 Å². The molecule has 1 saturated carbocycles. The molecule has 0 aromatic heterocycles. The van der Waals surface area contributed by atoms with Crippen molar-refractivity contribution in [3.8, 4) is 0 Å². The molecule has 26 heavy (non-hydrogen) atoms. The molecule has 3 atom stereocenters. The third-order valence-corrected chi connectivity index (χ3v) is 5.69. The van der Waals surface area contributed by atoms with E-state index in [1.54, 1.807) is 4.90 Å². The van der Waals surface area contributed by atoms with Crippen molar-refractivity contribution in [3.63, 3.8) is 0 Å². The van der Waals surface area contributed by atoms with E-state index in [1.807, 2.05) is 18.2 Å². The van der Waals surface area contributed by atoms with Crippen molar-refractivity contribution in [3.05, 3.63) is 34.9 Å². The average molecular weight is 356 g/mol. The lowest BCUT2D eigenvalue weighted by Gasteiger charge is -2.29. The van der Waals surface area contributed by atoms with Gasteiger partial charge in [-0.25, -0.2) is 0 Å². The first-order valence-electron chi connectivity index (χ1n) is 9.27. The van der Waals surface area contributed by atoms with Crippen molar-refractivity contribution in [2.24, 2.45) is 5.73 Å². The van der Waals surface area contributed by atoms with Crippen molar-refractivity contribution in [2.45, 2.75) is 63.3 Å². The van der Waals surface area contributed by atoms with Gasteiger partial charge in [0, 0.05) is 37.2 Å². The van der Waals surface area contributed by atoms with Crippen LogP contribution in [-0.2, 0) is 22.7 Å². The van der Waals surface area contributed by atoms with Crippen LogP contribution >= 0.6 is 0 Å². The van der Waals surface area contributed by atoms with E-state index < -0.39 is 6.04 Å². The molecule has 3 amide bonds. The number of imide groups is 1. The Hall–Kier alpha value is -2.25. The quantitative estimate of drug-likeness (QED) is 0.678. The normalized spacial score (nSPS) is 28.4. The van der Waals surface area contributed by atoms with Crippen LogP contribution in [0.3, 0.4) is 0 Å². The van der Waals surface area contributed by atoms with Gasteiger partial charge in [0.2, 0.25) is 11.8 Å². The van der Waals surface area contributed by atoms with Gasteiger partial charge in [-0.05, 0) is 36.8 Å². The highest BCUT2D eigenvalue weighted by atomic mass is 16.2. The number of nitrogens with two attached hydrogens (primary N) is 1. The van der Waals surface area contributed by atoms with Crippen LogP contribution in [0, 0.1) is 0 Å². The molecule has 0 radical (unpaired) electrons. The number of carbonyl (C=O) groups is 3. The molecule has 0 spiro atoms. The third-order valence-electron chi connectivity index (χ3n) is 5.69. The number of benzene rings is 1. The molecule has 4 N–H and O–H groups in total. The number of amides is 3. The molecule has 7 heteroatoms. The zero-order valence-corrected chi connectivity index (χ0v) is 14.7. The first-order valence-corrected chi connectivity index (χ1v) is 9.27. The smallest absolute Gasteiger partial charge is 0.255 e. The minimum Gasteiger partial charge on any atom is -0.328 e. The van der Waals surface area contributed by atoms with E-state index in [2.05, 4.69) is 10.6 Å².